The van der Waals surface area contributed by atoms with Crippen LogP contribution in [-0.4, -0.2) is 45.9 Å². The average Bonchev–Trinajstić information content (AvgIpc) is 3.28. The molecule has 1 amide bonds. The molecule has 0 unspecified atom stereocenters. The normalized spacial score (nSPS) is 11.8. The Bertz CT molecular complexity index is 1650. The molecule has 1 aromatic carbocycles. The standard InChI is InChI=1S/C30H35F2N7O3Si/c1-30(2,3)42-29(40)38-24-14-19(10-11-34-24)21-17-39(18-41-12-13-43(4,5)6)28-26(21)27(36-25(15-33)37-28)35-16-20-22(31)8-7-9-23(20)32/h7-11,14,17H,12-13,16,18H2,1-6H3,(H,34,38,40)(H,35,36,37). The van der Waals surface area contributed by atoms with E-state index in [1.54, 1.807) is 43.7 Å². The number of amides is 1. The minimum absolute atomic E-state index is 0.126. The van der Waals surface area contributed by atoms with Gasteiger partial charge in [-0.3, -0.25) is 5.32 Å². The molecule has 0 saturated heterocycles. The quantitative estimate of drug-likeness (QED) is 0.147. The van der Waals surface area contributed by atoms with Crippen molar-refractivity contribution in [2.45, 2.75) is 65.3 Å². The van der Waals surface area contributed by atoms with Crippen molar-refractivity contribution in [1.29, 1.82) is 5.26 Å². The lowest BCUT2D eigenvalue weighted by Gasteiger charge is -2.19. The van der Waals surface area contributed by atoms with Crippen LogP contribution in [0.2, 0.25) is 25.7 Å². The highest BCUT2D eigenvalue weighted by molar-refractivity contribution is 6.76. The van der Waals surface area contributed by atoms with Gasteiger partial charge in [-0.05, 0) is 56.6 Å². The van der Waals surface area contributed by atoms with Gasteiger partial charge in [0, 0.05) is 44.7 Å². The van der Waals surface area contributed by atoms with Crippen molar-refractivity contribution in [3.05, 3.63) is 65.7 Å². The van der Waals surface area contributed by atoms with E-state index in [-0.39, 0.29) is 36.3 Å². The van der Waals surface area contributed by atoms with Crippen molar-refractivity contribution < 1.29 is 23.0 Å². The van der Waals surface area contributed by atoms with Gasteiger partial charge in [0.2, 0.25) is 5.82 Å². The van der Waals surface area contributed by atoms with Gasteiger partial charge >= 0.3 is 6.09 Å². The lowest BCUT2D eigenvalue weighted by Crippen LogP contribution is -2.27. The van der Waals surface area contributed by atoms with Crippen molar-refractivity contribution in [3.8, 4) is 17.2 Å². The minimum Gasteiger partial charge on any atom is -0.444 e. The maximum Gasteiger partial charge on any atom is 0.413 e. The van der Waals surface area contributed by atoms with Crippen LogP contribution < -0.4 is 10.6 Å². The Morgan fingerprint density at radius 1 is 1.14 bits per heavy atom. The average molecular weight is 608 g/mol. The Hall–Kier alpha value is -4.41. The van der Waals surface area contributed by atoms with E-state index in [1.165, 1.54) is 24.4 Å². The van der Waals surface area contributed by atoms with Crippen molar-refractivity contribution in [1.82, 2.24) is 19.5 Å². The topological polar surface area (TPSA) is 127 Å². The molecule has 3 aromatic heterocycles. The van der Waals surface area contributed by atoms with Crippen molar-refractivity contribution in [2.24, 2.45) is 0 Å². The molecule has 0 aliphatic rings. The number of rotatable bonds is 10. The number of pyridine rings is 1. The van der Waals surface area contributed by atoms with E-state index in [9.17, 15) is 18.8 Å². The Morgan fingerprint density at radius 3 is 2.51 bits per heavy atom. The molecule has 10 nitrogen and oxygen atoms in total. The van der Waals surface area contributed by atoms with Crippen molar-refractivity contribution in [2.75, 3.05) is 17.2 Å². The number of ether oxygens (including phenoxy) is 2. The van der Waals surface area contributed by atoms with E-state index in [2.05, 4.69) is 45.2 Å². The van der Waals surface area contributed by atoms with E-state index >= 15 is 0 Å². The fourth-order valence-corrected chi connectivity index (χ4v) is 4.93. The first-order valence-corrected chi connectivity index (χ1v) is 17.5. The molecule has 0 fully saturated rings. The number of nitrogens with one attached hydrogen (secondary N) is 2. The lowest BCUT2D eigenvalue weighted by atomic mass is 10.1. The monoisotopic (exact) mass is 607 g/mol. The first-order valence-electron chi connectivity index (χ1n) is 13.8. The second kappa shape index (κ2) is 12.8. The van der Waals surface area contributed by atoms with E-state index in [0.29, 0.717) is 28.8 Å². The molecular formula is C30H35F2N7O3Si. The van der Waals surface area contributed by atoms with Gasteiger partial charge in [0.1, 0.15) is 47.3 Å². The van der Waals surface area contributed by atoms with Crippen LogP contribution in [0.15, 0.2) is 42.7 Å². The molecule has 0 aliphatic heterocycles. The van der Waals surface area contributed by atoms with Gasteiger partial charge in [0.15, 0.2) is 0 Å². The molecule has 3 heterocycles. The number of hydrogen-bond donors (Lipinski definition) is 2. The lowest BCUT2D eigenvalue weighted by molar-refractivity contribution is 0.0635. The van der Waals surface area contributed by atoms with Crippen LogP contribution in [0.1, 0.15) is 32.2 Å². The SMILES string of the molecule is CC(C)(C)OC(=O)Nc1cc(-c2cn(COCC[Si](C)(C)C)c3nc(C#N)nc(NCc4c(F)cccc4F)c23)ccn1. The van der Waals surface area contributed by atoms with Gasteiger partial charge in [-0.25, -0.2) is 28.5 Å². The van der Waals surface area contributed by atoms with Crippen LogP contribution in [0, 0.1) is 23.0 Å². The first kappa shape index (κ1) is 31.5. The fraction of sp³-hybridized carbons (Fsp3) is 0.367. The van der Waals surface area contributed by atoms with E-state index in [1.807, 2.05) is 6.07 Å². The molecule has 4 aromatic rings. The first-order chi connectivity index (χ1) is 20.2. The number of fused-ring (bicyclic) bond motifs is 1. The molecule has 0 radical (unpaired) electrons. The molecule has 4 rings (SSSR count). The number of anilines is 2. The summed E-state index contributed by atoms with van der Waals surface area (Å²) in [5.74, 6) is -1.09. The van der Waals surface area contributed by atoms with Gasteiger partial charge in [-0.15, -0.1) is 0 Å². The Kier molecular flexibility index (Phi) is 9.42. The fourth-order valence-electron chi connectivity index (χ4n) is 4.17. The number of hydrogen-bond acceptors (Lipinski definition) is 8. The van der Waals surface area contributed by atoms with Gasteiger partial charge < -0.3 is 19.4 Å². The smallest absolute Gasteiger partial charge is 0.413 e. The molecule has 13 heteroatoms. The predicted octanol–water partition coefficient (Wildman–Crippen LogP) is 6.91. The van der Waals surface area contributed by atoms with Crippen LogP contribution in [0.4, 0.5) is 25.2 Å². The maximum absolute atomic E-state index is 14.4. The summed E-state index contributed by atoms with van der Waals surface area (Å²) < 4.78 is 42.0. The minimum atomic E-state index is -1.33. The van der Waals surface area contributed by atoms with Gasteiger partial charge in [-0.2, -0.15) is 5.26 Å². The zero-order chi connectivity index (χ0) is 31.4. The summed E-state index contributed by atoms with van der Waals surface area (Å²) in [5.41, 5.74) is 0.791. The van der Waals surface area contributed by atoms with E-state index in [0.717, 1.165) is 6.04 Å². The highest BCUT2D eigenvalue weighted by Crippen LogP contribution is 2.35. The molecule has 0 spiro atoms. The molecule has 0 saturated carbocycles. The van der Waals surface area contributed by atoms with Crippen molar-refractivity contribution >= 4 is 36.8 Å². The van der Waals surface area contributed by atoms with Crippen LogP contribution in [-0.2, 0) is 22.7 Å². The van der Waals surface area contributed by atoms with Gasteiger partial charge in [0.25, 0.3) is 0 Å². The third-order valence-corrected chi connectivity index (χ3v) is 7.94. The largest absolute Gasteiger partial charge is 0.444 e. The van der Waals surface area contributed by atoms with Crippen LogP contribution in [0.25, 0.3) is 22.2 Å². The summed E-state index contributed by atoms with van der Waals surface area (Å²) >= 11 is 0. The molecule has 2 N–H and O–H groups in total. The van der Waals surface area contributed by atoms with Gasteiger partial charge in [-0.1, -0.05) is 25.7 Å². The summed E-state index contributed by atoms with van der Waals surface area (Å²) in [6, 6.07) is 9.96. The number of halogens is 2. The maximum atomic E-state index is 14.4. The second-order valence-electron chi connectivity index (χ2n) is 12.2. The number of benzene rings is 1. The van der Waals surface area contributed by atoms with E-state index < -0.39 is 31.4 Å². The molecule has 43 heavy (non-hydrogen) atoms. The molecule has 226 valence electrons. The summed E-state index contributed by atoms with van der Waals surface area (Å²) in [4.78, 5) is 25.4. The highest BCUT2D eigenvalue weighted by Gasteiger charge is 2.22. The van der Waals surface area contributed by atoms with Crippen LogP contribution >= 0.6 is 0 Å². The number of nitrogens with zero attached hydrogens (tertiary/aromatic N) is 5. The Morgan fingerprint density at radius 2 is 1.86 bits per heavy atom. The highest BCUT2D eigenvalue weighted by atomic mass is 28.3. The summed E-state index contributed by atoms with van der Waals surface area (Å²) in [6.07, 6.45) is 2.67. The molecule has 0 bridgehead atoms. The molecule has 0 atom stereocenters. The zero-order valence-electron chi connectivity index (χ0n) is 25.1. The summed E-state index contributed by atoms with van der Waals surface area (Å²) in [5, 5.41) is 15.8. The zero-order valence-corrected chi connectivity index (χ0v) is 26.1. The number of nitriles is 1. The number of carbonyl (C=O) groups is 1. The second-order valence-corrected chi connectivity index (χ2v) is 17.8. The summed E-state index contributed by atoms with van der Waals surface area (Å²) in [6.45, 7) is 12.5. The number of aromatic nitrogens is 4. The van der Waals surface area contributed by atoms with Crippen LogP contribution in [0.3, 0.4) is 0 Å². The third-order valence-electron chi connectivity index (χ3n) is 6.24. The third kappa shape index (κ3) is 8.33. The number of carbonyl (C=O) groups excluding carboxylic acids is 1. The molecule has 0 aliphatic carbocycles. The summed E-state index contributed by atoms with van der Waals surface area (Å²) in [7, 11) is -1.33. The van der Waals surface area contributed by atoms with Crippen molar-refractivity contribution in [3.63, 3.8) is 0 Å². The van der Waals surface area contributed by atoms with Crippen LogP contribution in [0.5, 0.6) is 0 Å². The Labute approximate surface area is 250 Å². The Balaban J connectivity index is 1.78. The molecular weight excluding hydrogens is 572 g/mol. The van der Waals surface area contributed by atoms with Gasteiger partial charge in [0.05, 0.1) is 5.39 Å². The predicted molar refractivity (Wildman–Crippen MR) is 163 cm³/mol. The van der Waals surface area contributed by atoms with E-state index in [4.69, 9.17) is 9.47 Å².